The lowest BCUT2D eigenvalue weighted by molar-refractivity contribution is -0.167. The Morgan fingerprint density at radius 2 is 2.06 bits per heavy atom. The van der Waals surface area contributed by atoms with Crippen LogP contribution in [0.4, 0.5) is 15.0 Å². The molecule has 2 amide bonds. The van der Waals surface area contributed by atoms with Crippen molar-refractivity contribution < 1.29 is 23.6 Å². The van der Waals surface area contributed by atoms with Gasteiger partial charge in [0.15, 0.2) is 12.4 Å². The molecule has 32 heavy (non-hydrogen) atoms. The molecule has 9 nitrogen and oxygen atoms in total. The van der Waals surface area contributed by atoms with Gasteiger partial charge in [0.2, 0.25) is 5.91 Å². The Hall–Kier alpha value is -3.40. The molecule has 0 radical (unpaired) electrons. The lowest BCUT2D eigenvalue weighted by atomic mass is 10.0. The number of hydrogen-bond donors (Lipinski definition) is 2. The van der Waals surface area contributed by atoms with Crippen LogP contribution in [0.1, 0.15) is 19.8 Å². The van der Waals surface area contributed by atoms with E-state index in [0.29, 0.717) is 25.4 Å². The number of anilines is 1. The fourth-order valence-corrected chi connectivity index (χ4v) is 4.00. The molecule has 0 spiro atoms. The van der Waals surface area contributed by atoms with E-state index in [-0.39, 0.29) is 18.5 Å². The molecule has 0 aliphatic carbocycles. The Morgan fingerprint density at radius 3 is 2.78 bits per heavy atom. The number of ether oxygens (including phenoxy) is 1. The second-order valence-electron chi connectivity index (χ2n) is 7.76. The molecule has 1 unspecified atom stereocenters. The third-order valence-electron chi connectivity index (χ3n) is 5.58. The van der Waals surface area contributed by atoms with E-state index in [9.17, 15) is 14.0 Å². The summed E-state index contributed by atoms with van der Waals surface area (Å²) in [5.41, 5.74) is 6.31. The lowest BCUT2D eigenvalue weighted by Crippen LogP contribution is -2.50. The maximum Gasteiger partial charge on any atom is 0.407 e. The Labute approximate surface area is 184 Å². The number of alkyl carbamates (subject to hydrolysis) is 1. The molecule has 2 aliphatic rings. The van der Waals surface area contributed by atoms with E-state index in [0.717, 1.165) is 29.6 Å². The predicted molar refractivity (Wildman–Crippen MR) is 116 cm³/mol. The van der Waals surface area contributed by atoms with Gasteiger partial charge in [0.25, 0.3) is 0 Å². The Balaban J connectivity index is 1.37. The zero-order valence-electron chi connectivity index (χ0n) is 17.8. The van der Waals surface area contributed by atoms with Crippen molar-refractivity contribution >= 4 is 28.7 Å². The largest absolute Gasteiger partial charge is 0.441 e. The van der Waals surface area contributed by atoms with Crippen LogP contribution in [0.15, 0.2) is 42.2 Å². The summed E-state index contributed by atoms with van der Waals surface area (Å²) in [5.74, 6) is 0.395. The zero-order valence-corrected chi connectivity index (χ0v) is 17.8. The molecule has 4 rings (SSSR count). The molecule has 2 aliphatic heterocycles. The molecule has 1 saturated heterocycles. The number of piperidine rings is 1. The number of fused-ring (bicyclic) bond motifs is 1. The van der Waals surface area contributed by atoms with Crippen LogP contribution in [0.5, 0.6) is 0 Å². The summed E-state index contributed by atoms with van der Waals surface area (Å²) < 4.78 is 18.5. The number of nitrogens with zero attached hydrogens (tertiary/aromatic N) is 3. The number of nitrogens with one attached hydrogen (secondary N) is 1. The number of nitrogens with two attached hydrogens (primary N) is 1. The molecule has 170 valence electrons. The SMILES string of the molecule is CCNC(=O)OCC1=CC(C(N)=O)N(C2CCN(c3ccc4cc(F)ccc4n3)CC2)O1. The highest BCUT2D eigenvalue weighted by atomic mass is 19.1. The van der Waals surface area contributed by atoms with Gasteiger partial charge >= 0.3 is 6.09 Å². The summed E-state index contributed by atoms with van der Waals surface area (Å²) in [6, 6.07) is 7.55. The highest BCUT2D eigenvalue weighted by Gasteiger charge is 2.38. The van der Waals surface area contributed by atoms with Crippen molar-refractivity contribution in [3.63, 3.8) is 0 Å². The molecular formula is C22H26FN5O4. The number of carbonyl (C=O) groups excluding carboxylic acids is 2. The molecule has 1 fully saturated rings. The van der Waals surface area contributed by atoms with Gasteiger partial charge in [-0.15, -0.1) is 5.06 Å². The zero-order chi connectivity index (χ0) is 22.7. The van der Waals surface area contributed by atoms with Crippen LogP contribution < -0.4 is 16.0 Å². The van der Waals surface area contributed by atoms with E-state index in [4.69, 9.17) is 15.3 Å². The number of pyridine rings is 1. The smallest absolute Gasteiger partial charge is 0.407 e. The number of carbonyl (C=O) groups is 2. The molecule has 3 heterocycles. The average molecular weight is 443 g/mol. The Kier molecular flexibility index (Phi) is 6.40. The molecule has 10 heteroatoms. The van der Waals surface area contributed by atoms with Crippen molar-refractivity contribution in [2.75, 3.05) is 31.1 Å². The van der Waals surface area contributed by atoms with Gasteiger partial charge in [-0.05, 0) is 56.2 Å². The van der Waals surface area contributed by atoms with Gasteiger partial charge in [-0.2, -0.15) is 0 Å². The first-order valence-electron chi connectivity index (χ1n) is 10.6. The molecule has 0 bridgehead atoms. The molecule has 0 saturated carbocycles. The van der Waals surface area contributed by atoms with Gasteiger partial charge in [-0.1, -0.05) is 0 Å². The predicted octanol–water partition coefficient (Wildman–Crippen LogP) is 2.07. The number of halogens is 1. The minimum Gasteiger partial charge on any atom is -0.441 e. The van der Waals surface area contributed by atoms with E-state index in [2.05, 4.69) is 15.2 Å². The van der Waals surface area contributed by atoms with E-state index in [1.807, 2.05) is 12.1 Å². The first-order chi connectivity index (χ1) is 15.4. The van der Waals surface area contributed by atoms with Gasteiger partial charge in [-0.3, -0.25) is 4.79 Å². The highest BCUT2D eigenvalue weighted by molar-refractivity contribution is 5.82. The summed E-state index contributed by atoms with van der Waals surface area (Å²) in [6.45, 7) is 3.58. The van der Waals surface area contributed by atoms with Gasteiger partial charge in [-0.25, -0.2) is 14.2 Å². The number of rotatable bonds is 6. The molecule has 2 aromatic rings. The first-order valence-corrected chi connectivity index (χ1v) is 10.6. The second-order valence-corrected chi connectivity index (χ2v) is 7.76. The minimum absolute atomic E-state index is 0.0310. The van der Waals surface area contributed by atoms with E-state index < -0.39 is 18.0 Å². The Bertz CT molecular complexity index is 1040. The maximum atomic E-state index is 13.4. The summed E-state index contributed by atoms with van der Waals surface area (Å²) >= 11 is 0. The van der Waals surface area contributed by atoms with Gasteiger partial charge in [0.1, 0.15) is 17.7 Å². The van der Waals surface area contributed by atoms with Crippen LogP contribution in [0, 0.1) is 5.82 Å². The van der Waals surface area contributed by atoms with E-state index in [1.54, 1.807) is 24.1 Å². The van der Waals surface area contributed by atoms with Crippen LogP contribution in [0.3, 0.4) is 0 Å². The molecule has 1 aromatic carbocycles. The second kappa shape index (κ2) is 9.39. The van der Waals surface area contributed by atoms with Crippen molar-refractivity contribution in [3.05, 3.63) is 48.0 Å². The number of primary amides is 1. The summed E-state index contributed by atoms with van der Waals surface area (Å²) in [5, 5.41) is 4.89. The van der Waals surface area contributed by atoms with Crippen molar-refractivity contribution in [2.45, 2.75) is 31.8 Å². The summed E-state index contributed by atoms with van der Waals surface area (Å²) in [4.78, 5) is 36.1. The number of benzene rings is 1. The quantitative estimate of drug-likeness (QED) is 0.703. The molecule has 1 aromatic heterocycles. The highest BCUT2D eigenvalue weighted by Crippen LogP contribution is 2.29. The van der Waals surface area contributed by atoms with Crippen LogP contribution in [0.2, 0.25) is 0 Å². The molecular weight excluding hydrogens is 417 g/mol. The van der Waals surface area contributed by atoms with Crippen LogP contribution in [0.25, 0.3) is 10.9 Å². The van der Waals surface area contributed by atoms with Gasteiger partial charge < -0.3 is 25.5 Å². The van der Waals surface area contributed by atoms with Crippen LogP contribution in [-0.2, 0) is 14.4 Å². The summed E-state index contributed by atoms with van der Waals surface area (Å²) in [6.07, 6.45) is 2.50. The Morgan fingerprint density at radius 1 is 1.28 bits per heavy atom. The maximum absolute atomic E-state index is 13.4. The third kappa shape index (κ3) is 4.75. The fourth-order valence-electron chi connectivity index (χ4n) is 4.00. The number of hydroxylamine groups is 2. The van der Waals surface area contributed by atoms with E-state index in [1.165, 1.54) is 12.1 Å². The van der Waals surface area contributed by atoms with Crippen molar-refractivity contribution in [2.24, 2.45) is 5.73 Å². The third-order valence-corrected chi connectivity index (χ3v) is 5.58. The molecule has 1 atom stereocenters. The first kappa shape index (κ1) is 21.8. The van der Waals surface area contributed by atoms with Crippen molar-refractivity contribution in [1.82, 2.24) is 15.4 Å². The normalized spacial score (nSPS) is 19.5. The molecule has 3 N–H and O–H groups in total. The summed E-state index contributed by atoms with van der Waals surface area (Å²) in [7, 11) is 0. The van der Waals surface area contributed by atoms with Crippen LogP contribution >= 0.6 is 0 Å². The topological polar surface area (TPSA) is 110 Å². The number of hydrogen-bond acceptors (Lipinski definition) is 7. The standard InChI is InChI=1S/C22H26FN5O4/c1-2-25-22(30)31-13-17-12-19(21(24)29)28(32-17)16-7-9-27(10-8-16)20-6-3-14-11-15(23)4-5-18(14)26-20/h3-6,11-12,16,19H,2,7-10,13H2,1H3,(H2,24,29)(H,25,30). The lowest BCUT2D eigenvalue weighted by Gasteiger charge is -2.37. The van der Waals surface area contributed by atoms with Crippen LogP contribution in [-0.4, -0.2) is 60.4 Å². The van der Waals surface area contributed by atoms with Crippen molar-refractivity contribution in [1.29, 1.82) is 0 Å². The van der Waals surface area contributed by atoms with Gasteiger partial charge in [0.05, 0.1) is 11.6 Å². The van der Waals surface area contributed by atoms with E-state index >= 15 is 0 Å². The monoisotopic (exact) mass is 443 g/mol. The average Bonchev–Trinajstić information content (AvgIpc) is 3.22. The van der Waals surface area contributed by atoms with Crippen molar-refractivity contribution in [3.8, 4) is 0 Å². The minimum atomic E-state index is -0.715. The van der Waals surface area contributed by atoms with Gasteiger partial charge in [0, 0.05) is 25.0 Å². The fraction of sp³-hybridized carbons (Fsp3) is 0.409. The number of aromatic nitrogens is 1. The number of amides is 2.